The van der Waals surface area contributed by atoms with Crippen molar-refractivity contribution in [2.24, 2.45) is 0 Å². The third-order valence-corrected chi connectivity index (χ3v) is 6.46. The van der Waals surface area contributed by atoms with E-state index in [1.165, 1.54) is 36.0 Å². The maximum Gasteiger partial charge on any atom is 0.0709 e. The van der Waals surface area contributed by atoms with Crippen LogP contribution in [0.2, 0.25) is 0 Å². The zero-order chi connectivity index (χ0) is 13.5. The lowest BCUT2D eigenvalue weighted by Crippen LogP contribution is -2.44. The van der Waals surface area contributed by atoms with Crippen molar-refractivity contribution in [1.29, 1.82) is 0 Å². The molecule has 2 atom stereocenters. The Balaban J connectivity index is 1.80. The Labute approximate surface area is 120 Å². The zero-order valence-electron chi connectivity index (χ0n) is 12.0. The molecule has 104 valence electrons. The molecule has 0 saturated carbocycles. The molecular formula is C17H24OS. The molecular weight excluding hydrogens is 252 g/mol. The maximum absolute atomic E-state index is 11.0. The van der Waals surface area contributed by atoms with Crippen molar-refractivity contribution in [1.82, 2.24) is 0 Å². The largest absolute Gasteiger partial charge is 0.389 e. The third-order valence-electron chi connectivity index (χ3n) is 4.89. The van der Waals surface area contributed by atoms with Crippen molar-refractivity contribution >= 4 is 11.8 Å². The number of thioether (sulfide) groups is 1. The molecule has 0 aromatic heterocycles. The molecule has 2 heteroatoms. The van der Waals surface area contributed by atoms with Crippen molar-refractivity contribution in [3.05, 3.63) is 34.9 Å². The van der Waals surface area contributed by atoms with E-state index >= 15 is 0 Å². The summed E-state index contributed by atoms with van der Waals surface area (Å²) in [5, 5.41) is 12.4. The summed E-state index contributed by atoms with van der Waals surface area (Å²) in [6.07, 6.45) is 6.78. The fourth-order valence-corrected chi connectivity index (χ4v) is 5.68. The smallest absolute Gasteiger partial charge is 0.0709 e. The van der Waals surface area contributed by atoms with Gasteiger partial charge in [-0.1, -0.05) is 24.6 Å². The fraction of sp³-hybridized carbons (Fsp3) is 0.647. The molecule has 0 radical (unpaired) electrons. The van der Waals surface area contributed by atoms with Gasteiger partial charge in [0.05, 0.1) is 5.60 Å². The summed E-state index contributed by atoms with van der Waals surface area (Å²) < 4.78 is 0. The number of aryl methyl sites for hydroxylation is 1. The predicted octanol–water partition coefficient (Wildman–Crippen LogP) is 4.03. The number of hydrogen-bond donors (Lipinski definition) is 1. The van der Waals surface area contributed by atoms with Crippen LogP contribution in [0.3, 0.4) is 0 Å². The predicted molar refractivity (Wildman–Crippen MR) is 82.8 cm³/mol. The van der Waals surface area contributed by atoms with Crippen LogP contribution in [-0.4, -0.2) is 21.2 Å². The van der Waals surface area contributed by atoms with Crippen LogP contribution in [0, 0.1) is 13.8 Å². The number of fused-ring (bicyclic) bond motifs is 2. The summed E-state index contributed by atoms with van der Waals surface area (Å²) in [6, 6.07) is 6.48. The van der Waals surface area contributed by atoms with Crippen molar-refractivity contribution in [3.8, 4) is 0 Å². The topological polar surface area (TPSA) is 20.2 Å². The molecule has 0 aliphatic carbocycles. The minimum Gasteiger partial charge on any atom is -0.389 e. The van der Waals surface area contributed by atoms with Crippen LogP contribution in [0.15, 0.2) is 18.2 Å². The average molecular weight is 276 g/mol. The van der Waals surface area contributed by atoms with E-state index in [-0.39, 0.29) is 0 Å². The van der Waals surface area contributed by atoms with Crippen LogP contribution >= 0.6 is 11.8 Å². The summed E-state index contributed by atoms with van der Waals surface area (Å²) in [5.41, 5.74) is 3.58. The van der Waals surface area contributed by atoms with E-state index < -0.39 is 5.60 Å². The second kappa shape index (κ2) is 5.14. The SMILES string of the molecule is Cc1cccc(CC2(O)CC3CCCC(C2)S3)c1C. The maximum atomic E-state index is 11.0. The van der Waals surface area contributed by atoms with Crippen LogP contribution in [0.5, 0.6) is 0 Å². The van der Waals surface area contributed by atoms with Crippen molar-refractivity contribution in [2.75, 3.05) is 0 Å². The number of hydrogen-bond acceptors (Lipinski definition) is 2. The molecule has 0 spiro atoms. The van der Waals surface area contributed by atoms with Gasteiger partial charge < -0.3 is 5.11 Å². The molecule has 2 saturated heterocycles. The van der Waals surface area contributed by atoms with Gasteiger partial charge >= 0.3 is 0 Å². The van der Waals surface area contributed by atoms with Crippen LogP contribution in [0.25, 0.3) is 0 Å². The van der Waals surface area contributed by atoms with Crippen molar-refractivity contribution in [2.45, 2.75) is 68.5 Å². The highest BCUT2D eigenvalue weighted by atomic mass is 32.2. The minimum absolute atomic E-state index is 0.459. The van der Waals surface area contributed by atoms with Crippen molar-refractivity contribution in [3.63, 3.8) is 0 Å². The molecule has 1 N–H and O–H groups in total. The Morgan fingerprint density at radius 2 is 1.89 bits per heavy atom. The first kappa shape index (κ1) is 13.5. The molecule has 3 rings (SSSR count). The summed E-state index contributed by atoms with van der Waals surface area (Å²) in [6.45, 7) is 4.35. The van der Waals surface area contributed by atoms with Crippen LogP contribution in [0.1, 0.15) is 48.8 Å². The molecule has 0 amide bonds. The standard InChI is InChI=1S/C17H24OS/c1-12-5-3-6-14(13(12)2)9-17(18)10-15-7-4-8-16(11-17)19-15/h3,5-6,15-16,18H,4,7-11H2,1-2H3. The normalized spacial score (nSPS) is 34.3. The second-order valence-corrected chi connectivity index (χ2v) is 8.08. The quantitative estimate of drug-likeness (QED) is 0.880. The van der Waals surface area contributed by atoms with Crippen LogP contribution in [0.4, 0.5) is 0 Å². The Morgan fingerprint density at radius 3 is 2.58 bits per heavy atom. The molecule has 1 aromatic rings. The van der Waals surface area contributed by atoms with E-state index in [4.69, 9.17) is 0 Å². The van der Waals surface area contributed by atoms with Gasteiger partial charge in [-0.25, -0.2) is 0 Å². The lowest BCUT2D eigenvalue weighted by molar-refractivity contribution is 0.0128. The zero-order valence-corrected chi connectivity index (χ0v) is 12.8. The first-order chi connectivity index (χ1) is 9.06. The van der Waals surface area contributed by atoms with E-state index in [0.717, 1.165) is 19.3 Å². The van der Waals surface area contributed by atoms with E-state index in [1.807, 2.05) is 0 Å². The number of benzene rings is 1. The highest BCUT2D eigenvalue weighted by Gasteiger charge is 2.41. The molecule has 2 heterocycles. The second-order valence-electron chi connectivity index (χ2n) is 6.48. The summed E-state index contributed by atoms with van der Waals surface area (Å²) in [4.78, 5) is 0. The Kier molecular flexibility index (Phi) is 3.65. The molecule has 2 unspecified atom stereocenters. The minimum atomic E-state index is -0.459. The third kappa shape index (κ3) is 2.85. The lowest BCUT2D eigenvalue weighted by atomic mass is 9.80. The first-order valence-corrected chi connectivity index (χ1v) is 8.43. The van der Waals surface area contributed by atoms with E-state index in [9.17, 15) is 5.11 Å². The van der Waals surface area contributed by atoms with E-state index in [1.54, 1.807) is 0 Å². The van der Waals surface area contributed by atoms with Crippen LogP contribution < -0.4 is 0 Å². The summed E-state index contributed by atoms with van der Waals surface area (Å²) >= 11 is 2.13. The first-order valence-electron chi connectivity index (χ1n) is 7.49. The molecule has 19 heavy (non-hydrogen) atoms. The highest BCUT2D eigenvalue weighted by Crippen LogP contribution is 2.46. The summed E-state index contributed by atoms with van der Waals surface area (Å²) in [5.74, 6) is 0. The lowest BCUT2D eigenvalue weighted by Gasteiger charge is -2.44. The number of aliphatic hydroxyl groups is 1. The average Bonchev–Trinajstić information content (AvgIpc) is 2.34. The molecule has 2 aliphatic heterocycles. The highest BCUT2D eigenvalue weighted by molar-refractivity contribution is 8.00. The van der Waals surface area contributed by atoms with Gasteiger partial charge in [0.2, 0.25) is 0 Å². The molecule has 1 nitrogen and oxygen atoms in total. The Morgan fingerprint density at radius 1 is 1.21 bits per heavy atom. The van der Waals surface area contributed by atoms with Gasteiger partial charge in [-0.2, -0.15) is 11.8 Å². The van der Waals surface area contributed by atoms with Gasteiger partial charge in [-0.15, -0.1) is 0 Å². The fourth-order valence-electron chi connectivity index (χ4n) is 3.71. The Hall–Kier alpha value is -0.470. The Bertz CT molecular complexity index is 456. The summed E-state index contributed by atoms with van der Waals surface area (Å²) in [7, 11) is 0. The number of rotatable bonds is 2. The molecule has 2 aliphatic rings. The van der Waals surface area contributed by atoms with Gasteiger partial charge in [-0.3, -0.25) is 0 Å². The van der Waals surface area contributed by atoms with Gasteiger partial charge in [0, 0.05) is 16.9 Å². The van der Waals surface area contributed by atoms with Crippen LogP contribution in [-0.2, 0) is 6.42 Å². The van der Waals surface area contributed by atoms with Gasteiger partial charge in [0.15, 0.2) is 0 Å². The molecule has 2 bridgehead atoms. The van der Waals surface area contributed by atoms with E-state index in [2.05, 4.69) is 43.8 Å². The van der Waals surface area contributed by atoms with E-state index in [0.29, 0.717) is 10.5 Å². The monoisotopic (exact) mass is 276 g/mol. The van der Waals surface area contributed by atoms with Crippen molar-refractivity contribution < 1.29 is 5.11 Å². The van der Waals surface area contributed by atoms with Gasteiger partial charge in [0.25, 0.3) is 0 Å². The van der Waals surface area contributed by atoms with Gasteiger partial charge in [0.1, 0.15) is 0 Å². The molecule has 2 fully saturated rings. The van der Waals surface area contributed by atoms with Gasteiger partial charge in [-0.05, 0) is 56.2 Å². The molecule has 1 aromatic carbocycles.